The zero-order valence-electron chi connectivity index (χ0n) is 9.82. The fraction of sp³-hybridized carbons (Fsp3) is 0.909. The van der Waals surface area contributed by atoms with Crippen molar-refractivity contribution in [3.63, 3.8) is 0 Å². The van der Waals surface area contributed by atoms with E-state index >= 15 is 0 Å². The first-order chi connectivity index (χ1) is 7.13. The Kier molecular flexibility index (Phi) is 4.88. The number of rotatable bonds is 4. The van der Waals surface area contributed by atoms with Gasteiger partial charge in [-0.1, -0.05) is 12.1 Å². The second kappa shape index (κ2) is 5.95. The number of hydrogen-bond donors (Lipinski definition) is 2. The van der Waals surface area contributed by atoms with Gasteiger partial charge in [-0.25, -0.2) is 0 Å². The topological polar surface area (TPSA) is 61.8 Å². The molecule has 1 aliphatic rings. The summed E-state index contributed by atoms with van der Waals surface area (Å²) in [5.74, 6) is 1.20. The molecule has 0 aromatic rings. The van der Waals surface area contributed by atoms with E-state index in [1.165, 1.54) is 19.4 Å². The summed E-state index contributed by atoms with van der Waals surface area (Å²) >= 11 is 0. The lowest BCUT2D eigenvalue weighted by molar-refractivity contribution is 0.129. The maximum absolute atomic E-state index is 8.41. The third-order valence-electron chi connectivity index (χ3n) is 3.28. The molecule has 4 heteroatoms. The Labute approximate surface area is 92.1 Å². The number of nitrogens with zero attached hydrogens (tertiary/aromatic N) is 2. The second-order valence-corrected chi connectivity index (χ2v) is 4.71. The van der Waals surface area contributed by atoms with E-state index in [0.717, 1.165) is 18.9 Å². The lowest BCUT2D eigenvalue weighted by Crippen LogP contribution is -2.40. The van der Waals surface area contributed by atoms with Crippen LogP contribution in [0.4, 0.5) is 0 Å². The van der Waals surface area contributed by atoms with Crippen LogP contribution in [0.3, 0.4) is 0 Å². The number of piperidine rings is 1. The van der Waals surface area contributed by atoms with Gasteiger partial charge in [0, 0.05) is 12.5 Å². The predicted molar refractivity (Wildman–Crippen MR) is 62.1 cm³/mol. The molecule has 3 N–H and O–H groups in total. The zero-order valence-corrected chi connectivity index (χ0v) is 9.82. The van der Waals surface area contributed by atoms with Crippen molar-refractivity contribution in [1.29, 1.82) is 0 Å². The molecule has 0 aromatic heterocycles. The zero-order chi connectivity index (χ0) is 11.3. The summed E-state index contributed by atoms with van der Waals surface area (Å²) in [5.41, 5.74) is 5.43. The van der Waals surface area contributed by atoms with E-state index in [1.54, 1.807) is 0 Å². The number of oxime groups is 1. The van der Waals surface area contributed by atoms with Crippen LogP contribution in [0.5, 0.6) is 0 Å². The Morgan fingerprint density at radius 3 is 2.87 bits per heavy atom. The maximum atomic E-state index is 8.41. The minimum atomic E-state index is 0.341. The van der Waals surface area contributed by atoms with Crippen LogP contribution in [0.25, 0.3) is 0 Å². The van der Waals surface area contributed by atoms with E-state index in [1.807, 2.05) is 0 Å². The number of likely N-dealkylation sites (tertiary alicyclic amines) is 1. The van der Waals surface area contributed by atoms with E-state index in [0.29, 0.717) is 18.3 Å². The summed E-state index contributed by atoms with van der Waals surface area (Å²) in [6.45, 7) is 6.87. The van der Waals surface area contributed by atoms with Crippen molar-refractivity contribution < 1.29 is 5.21 Å². The molecule has 4 nitrogen and oxygen atoms in total. The van der Waals surface area contributed by atoms with Gasteiger partial charge < -0.3 is 15.8 Å². The molecule has 0 aliphatic carbocycles. The molecule has 0 radical (unpaired) electrons. The Balaban J connectivity index is 2.21. The summed E-state index contributed by atoms with van der Waals surface area (Å²) < 4.78 is 0. The standard InChI is InChI=1S/C11H23N3O/c1-9-5-7-14(10(2)8-9)6-3-4-11(12)13-15/h9-10,15H,3-8H2,1-2H3,(H2,12,13). The molecule has 88 valence electrons. The summed E-state index contributed by atoms with van der Waals surface area (Å²) in [7, 11) is 0. The first-order valence-corrected chi connectivity index (χ1v) is 5.84. The van der Waals surface area contributed by atoms with Crippen LogP contribution in [0.15, 0.2) is 5.16 Å². The minimum absolute atomic E-state index is 0.341. The molecule has 2 unspecified atom stereocenters. The Morgan fingerprint density at radius 2 is 2.27 bits per heavy atom. The quantitative estimate of drug-likeness (QED) is 0.323. The van der Waals surface area contributed by atoms with Crippen molar-refractivity contribution >= 4 is 5.84 Å². The fourth-order valence-corrected chi connectivity index (χ4v) is 2.30. The van der Waals surface area contributed by atoms with Crippen LogP contribution in [0.2, 0.25) is 0 Å². The molecule has 1 aliphatic heterocycles. The van der Waals surface area contributed by atoms with E-state index in [9.17, 15) is 0 Å². The lowest BCUT2D eigenvalue weighted by atomic mass is 9.93. The number of amidine groups is 1. The Hall–Kier alpha value is -0.770. The molecule has 2 atom stereocenters. The molecule has 1 fully saturated rings. The molecular formula is C11H23N3O. The van der Waals surface area contributed by atoms with Gasteiger partial charge in [-0.05, 0) is 45.2 Å². The van der Waals surface area contributed by atoms with Crippen LogP contribution in [0, 0.1) is 5.92 Å². The summed E-state index contributed by atoms with van der Waals surface area (Å²) in [5, 5.41) is 11.4. The largest absolute Gasteiger partial charge is 0.409 e. The molecule has 1 rings (SSSR count). The van der Waals surface area contributed by atoms with Crippen LogP contribution in [-0.2, 0) is 0 Å². The third-order valence-corrected chi connectivity index (χ3v) is 3.28. The molecule has 0 bridgehead atoms. The highest BCUT2D eigenvalue weighted by Crippen LogP contribution is 2.22. The minimum Gasteiger partial charge on any atom is -0.409 e. The van der Waals surface area contributed by atoms with Crippen LogP contribution < -0.4 is 5.73 Å². The SMILES string of the molecule is CC1CCN(CCCC(N)=NO)C(C)C1. The van der Waals surface area contributed by atoms with Gasteiger partial charge in [-0.2, -0.15) is 0 Å². The van der Waals surface area contributed by atoms with Gasteiger partial charge in [0.2, 0.25) is 0 Å². The van der Waals surface area contributed by atoms with Crippen LogP contribution in [-0.4, -0.2) is 35.1 Å². The van der Waals surface area contributed by atoms with Crippen molar-refractivity contribution in [3.8, 4) is 0 Å². The highest BCUT2D eigenvalue weighted by molar-refractivity contribution is 5.79. The average molecular weight is 213 g/mol. The van der Waals surface area contributed by atoms with Crippen molar-refractivity contribution in [1.82, 2.24) is 4.90 Å². The molecule has 15 heavy (non-hydrogen) atoms. The molecule has 1 heterocycles. The highest BCUT2D eigenvalue weighted by Gasteiger charge is 2.21. The van der Waals surface area contributed by atoms with Crippen molar-refractivity contribution in [2.45, 2.75) is 45.6 Å². The van der Waals surface area contributed by atoms with Gasteiger partial charge >= 0.3 is 0 Å². The lowest BCUT2D eigenvalue weighted by Gasteiger charge is -2.36. The highest BCUT2D eigenvalue weighted by atomic mass is 16.4. The molecule has 0 aromatic carbocycles. The normalized spacial score (nSPS) is 29.3. The molecule has 1 saturated heterocycles. The van der Waals surface area contributed by atoms with E-state index in [2.05, 4.69) is 23.9 Å². The van der Waals surface area contributed by atoms with Gasteiger partial charge in [-0.15, -0.1) is 0 Å². The van der Waals surface area contributed by atoms with E-state index < -0.39 is 0 Å². The van der Waals surface area contributed by atoms with Crippen molar-refractivity contribution in [2.24, 2.45) is 16.8 Å². The monoisotopic (exact) mass is 213 g/mol. The second-order valence-electron chi connectivity index (χ2n) is 4.71. The number of hydrogen-bond acceptors (Lipinski definition) is 3. The average Bonchev–Trinajstić information content (AvgIpc) is 2.21. The summed E-state index contributed by atoms with van der Waals surface area (Å²) in [4.78, 5) is 2.50. The fourth-order valence-electron chi connectivity index (χ4n) is 2.30. The van der Waals surface area contributed by atoms with Gasteiger partial charge in [0.15, 0.2) is 0 Å². The molecule has 0 amide bonds. The van der Waals surface area contributed by atoms with E-state index in [4.69, 9.17) is 10.9 Å². The first kappa shape index (κ1) is 12.3. The summed E-state index contributed by atoms with van der Waals surface area (Å²) in [6, 6.07) is 0.682. The van der Waals surface area contributed by atoms with Crippen LogP contribution >= 0.6 is 0 Å². The van der Waals surface area contributed by atoms with Crippen molar-refractivity contribution in [2.75, 3.05) is 13.1 Å². The van der Waals surface area contributed by atoms with Crippen molar-refractivity contribution in [3.05, 3.63) is 0 Å². The molecular weight excluding hydrogens is 190 g/mol. The first-order valence-electron chi connectivity index (χ1n) is 5.84. The van der Waals surface area contributed by atoms with Gasteiger partial charge in [0.05, 0.1) is 0 Å². The van der Waals surface area contributed by atoms with Crippen LogP contribution in [0.1, 0.15) is 39.5 Å². The van der Waals surface area contributed by atoms with Gasteiger partial charge in [0.25, 0.3) is 0 Å². The molecule has 0 spiro atoms. The maximum Gasteiger partial charge on any atom is 0.139 e. The predicted octanol–water partition coefficient (Wildman–Crippen LogP) is 1.63. The number of nitrogens with two attached hydrogens (primary N) is 1. The third kappa shape index (κ3) is 4.08. The van der Waals surface area contributed by atoms with Gasteiger partial charge in [-0.3, -0.25) is 0 Å². The molecule has 0 saturated carbocycles. The smallest absolute Gasteiger partial charge is 0.139 e. The summed E-state index contributed by atoms with van der Waals surface area (Å²) in [6.07, 6.45) is 4.27. The van der Waals surface area contributed by atoms with E-state index in [-0.39, 0.29) is 0 Å². The Morgan fingerprint density at radius 1 is 1.53 bits per heavy atom. The Bertz CT molecular complexity index is 218. The van der Waals surface area contributed by atoms with Gasteiger partial charge in [0.1, 0.15) is 5.84 Å².